The smallest absolute Gasteiger partial charge is 0.410 e. The fourth-order valence-electron chi connectivity index (χ4n) is 3.53. The molecule has 1 saturated carbocycles. The zero-order valence-electron chi connectivity index (χ0n) is 16.2. The van der Waals surface area contributed by atoms with E-state index in [9.17, 15) is 9.18 Å². The maximum atomic E-state index is 14.5. The van der Waals surface area contributed by atoms with Crippen molar-refractivity contribution in [2.75, 3.05) is 19.6 Å². The summed E-state index contributed by atoms with van der Waals surface area (Å²) >= 11 is 0. The van der Waals surface area contributed by atoms with Gasteiger partial charge in [0.2, 0.25) is 0 Å². The second-order valence-corrected chi connectivity index (χ2v) is 8.78. The van der Waals surface area contributed by atoms with Gasteiger partial charge in [-0.1, -0.05) is 30.3 Å². The molecular weight excluding hydrogens is 331 g/mol. The first-order valence-electron chi connectivity index (χ1n) is 9.69. The van der Waals surface area contributed by atoms with E-state index < -0.39 is 11.3 Å². The van der Waals surface area contributed by atoms with Crippen LogP contribution in [0.5, 0.6) is 0 Å². The summed E-state index contributed by atoms with van der Waals surface area (Å²) in [6.07, 6.45) is 2.63. The molecule has 2 fully saturated rings. The van der Waals surface area contributed by atoms with Crippen LogP contribution in [0.3, 0.4) is 0 Å². The van der Waals surface area contributed by atoms with E-state index in [4.69, 9.17) is 4.74 Å². The number of benzene rings is 1. The molecule has 4 nitrogen and oxygen atoms in total. The number of nitrogens with zero attached hydrogens (tertiary/aromatic N) is 2. The van der Waals surface area contributed by atoms with Gasteiger partial charge in [-0.3, -0.25) is 4.90 Å². The molecule has 1 saturated heterocycles. The molecule has 144 valence electrons. The third-order valence-corrected chi connectivity index (χ3v) is 5.04. The predicted molar refractivity (Wildman–Crippen MR) is 101 cm³/mol. The quantitative estimate of drug-likeness (QED) is 0.779. The lowest BCUT2D eigenvalue weighted by molar-refractivity contribution is -0.00236. The minimum atomic E-state index is -1.21. The minimum absolute atomic E-state index is 0.00976. The van der Waals surface area contributed by atoms with Crippen molar-refractivity contribution in [2.24, 2.45) is 0 Å². The van der Waals surface area contributed by atoms with Gasteiger partial charge in [-0.2, -0.15) is 0 Å². The average Bonchev–Trinajstić information content (AvgIpc) is 3.30. The van der Waals surface area contributed by atoms with E-state index >= 15 is 0 Å². The first-order valence-corrected chi connectivity index (χ1v) is 9.69. The molecule has 26 heavy (non-hydrogen) atoms. The van der Waals surface area contributed by atoms with Crippen LogP contribution in [0.25, 0.3) is 0 Å². The summed E-state index contributed by atoms with van der Waals surface area (Å²) in [4.78, 5) is 16.8. The van der Waals surface area contributed by atoms with E-state index in [0.717, 1.165) is 32.5 Å². The van der Waals surface area contributed by atoms with Crippen molar-refractivity contribution < 1.29 is 13.9 Å². The lowest BCUT2D eigenvalue weighted by Gasteiger charge is -2.40. The number of carbonyl (C=O) groups is 1. The Balaban J connectivity index is 1.67. The van der Waals surface area contributed by atoms with Crippen LogP contribution < -0.4 is 0 Å². The Labute approximate surface area is 156 Å². The van der Waals surface area contributed by atoms with Gasteiger partial charge < -0.3 is 9.64 Å². The molecule has 0 N–H and O–H groups in total. The molecule has 1 atom stereocenters. The van der Waals surface area contributed by atoms with E-state index in [1.54, 1.807) is 4.90 Å². The number of amides is 1. The molecule has 1 heterocycles. The number of piperidine rings is 1. The second kappa shape index (κ2) is 7.55. The molecule has 0 aromatic heterocycles. The molecule has 3 rings (SSSR count). The summed E-state index contributed by atoms with van der Waals surface area (Å²) < 4.78 is 20.1. The highest BCUT2D eigenvalue weighted by Crippen LogP contribution is 2.41. The van der Waals surface area contributed by atoms with Crippen molar-refractivity contribution in [3.63, 3.8) is 0 Å². The van der Waals surface area contributed by atoms with Crippen LogP contribution >= 0.6 is 0 Å². The van der Waals surface area contributed by atoms with Crippen LogP contribution in [0.1, 0.15) is 52.0 Å². The summed E-state index contributed by atoms with van der Waals surface area (Å²) in [6.45, 7) is 8.36. The van der Waals surface area contributed by atoms with Gasteiger partial charge in [0.25, 0.3) is 0 Å². The molecule has 1 amide bonds. The zero-order chi connectivity index (χ0) is 18.8. The monoisotopic (exact) mass is 362 g/mol. The molecule has 0 spiro atoms. The fraction of sp³-hybridized carbons (Fsp3) is 0.667. The van der Waals surface area contributed by atoms with Gasteiger partial charge in [-0.15, -0.1) is 0 Å². The molecule has 0 bridgehead atoms. The van der Waals surface area contributed by atoms with Crippen LogP contribution in [-0.4, -0.2) is 52.8 Å². The molecule has 2 aliphatic rings. The molecule has 0 radical (unpaired) electrons. The number of hydrogen-bond acceptors (Lipinski definition) is 3. The number of alkyl halides is 1. The highest BCUT2D eigenvalue weighted by atomic mass is 19.1. The summed E-state index contributed by atoms with van der Waals surface area (Å²) in [5.41, 5.74) is -0.513. The number of rotatable bonds is 5. The van der Waals surface area contributed by atoms with Crippen LogP contribution in [0.2, 0.25) is 0 Å². The van der Waals surface area contributed by atoms with Crippen LogP contribution in [0.4, 0.5) is 9.18 Å². The van der Waals surface area contributed by atoms with Crippen molar-refractivity contribution in [3.8, 4) is 0 Å². The summed E-state index contributed by atoms with van der Waals surface area (Å²) in [7, 11) is 0. The SMILES string of the molecule is CC(C)(C)OC(=O)N(CC1(F)CC1)[C@@H]1CCCN(Cc2ccccc2)C1. The molecule has 1 aromatic rings. The highest BCUT2D eigenvalue weighted by molar-refractivity contribution is 5.69. The second-order valence-electron chi connectivity index (χ2n) is 8.78. The normalized spacial score (nSPS) is 22.7. The average molecular weight is 362 g/mol. The van der Waals surface area contributed by atoms with Crippen LogP contribution in [0, 0.1) is 0 Å². The Morgan fingerprint density at radius 2 is 2.00 bits per heavy atom. The Hall–Kier alpha value is -1.62. The van der Waals surface area contributed by atoms with Crippen LogP contribution in [0.15, 0.2) is 30.3 Å². The maximum absolute atomic E-state index is 14.5. The molecule has 5 heteroatoms. The van der Waals surface area contributed by atoms with Gasteiger partial charge in [0.1, 0.15) is 11.3 Å². The highest BCUT2D eigenvalue weighted by Gasteiger charge is 2.47. The summed E-state index contributed by atoms with van der Waals surface area (Å²) in [5, 5.41) is 0. The van der Waals surface area contributed by atoms with E-state index in [-0.39, 0.29) is 18.7 Å². The number of carbonyl (C=O) groups excluding carboxylic acids is 1. The molecule has 1 aliphatic carbocycles. The van der Waals surface area contributed by atoms with Gasteiger partial charge in [-0.25, -0.2) is 9.18 Å². The number of ether oxygens (including phenoxy) is 1. The van der Waals surface area contributed by atoms with Crippen LogP contribution in [-0.2, 0) is 11.3 Å². The van der Waals surface area contributed by atoms with Gasteiger partial charge in [0, 0.05) is 19.1 Å². The fourth-order valence-corrected chi connectivity index (χ4v) is 3.53. The Bertz CT molecular complexity index is 610. The van der Waals surface area contributed by atoms with E-state index in [0.29, 0.717) is 12.8 Å². The molecule has 1 aromatic carbocycles. The third-order valence-electron chi connectivity index (χ3n) is 5.04. The van der Waals surface area contributed by atoms with Crippen molar-refractivity contribution in [3.05, 3.63) is 35.9 Å². The maximum Gasteiger partial charge on any atom is 0.410 e. The molecule has 1 aliphatic heterocycles. The first kappa shape index (κ1) is 19.2. The first-order chi connectivity index (χ1) is 12.2. The molecular formula is C21H31FN2O2. The lowest BCUT2D eigenvalue weighted by Crippen LogP contribution is -2.53. The van der Waals surface area contributed by atoms with Crippen molar-refractivity contribution in [2.45, 2.75) is 70.3 Å². The standard InChI is InChI=1S/C21H31FN2O2/c1-20(2,3)26-19(25)24(16-21(22)11-12-21)18-10-7-13-23(15-18)14-17-8-5-4-6-9-17/h4-6,8-9,18H,7,10-16H2,1-3H3/t18-/m1/s1. The summed E-state index contributed by atoms with van der Waals surface area (Å²) in [6, 6.07) is 10.4. The Morgan fingerprint density at radius 3 is 2.62 bits per heavy atom. The van der Waals surface area contributed by atoms with Gasteiger partial charge in [-0.05, 0) is 58.6 Å². The van der Waals surface area contributed by atoms with Crippen molar-refractivity contribution >= 4 is 6.09 Å². The lowest BCUT2D eigenvalue weighted by atomic mass is 10.0. The van der Waals surface area contributed by atoms with Gasteiger partial charge in [0.15, 0.2) is 0 Å². The van der Waals surface area contributed by atoms with E-state index in [1.165, 1.54) is 5.56 Å². The topological polar surface area (TPSA) is 32.8 Å². The summed E-state index contributed by atoms with van der Waals surface area (Å²) in [5.74, 6) is 0. The number of hydrogen-bond donors (Lipinski definition) is 0. The largest absolute Gasteiger partial charge is 0.444 e. The minimum Gasteiger partial charge on any atom is -0.444 e. The Morgan fingerprint density at radius 1 is 1.31 bits per heavy atom. The van der Waals surface area contributed by atoms with Gasteiger partial charge >= 0.3 is 6.09 Å². The van der Waals surface area contributed by atoms with Crippen molar-refractivity contribution in [1.82, 2.24) is 9.80 Å². The predicted octanol–water partition coefficient (Wildman–Crippen LogP) is 4.39. The zero-order valence-corrected chi connectivity index (χ0v) is 16.2. The van der Waals surface area contributed by atoms with Crippen molar-refractivity contribution in [1.29, 1.82) is 0 Å². The number of halogens is 1. The third kappa shape index (κ3) is 5.44. The van der Waals surface area contributed by atoms with Gasteiger partial charge in [0.05, 0.1) is 6.54 Å². The molecule has 0 unspecified atom stereocenters. The van der Waals surface area contributed by atoms with E-state index in [2.05, 4.69) is 17.0 Å². The van der Waals surface area contributed by atoms with E-state index in [1.807, 2.05) is 39.0 Å². The number of likely N-dealkylation sites (tertiary alicyclic amines) is 1. The Kier molecular flexibility index (Phi) is 5.56.